The molecule has 0 N–H and O–H groups in total. The molecule has 0 saturated carbocycles. The smallest absolute Gasteiger partial charge is 0.131 e. The highest BCUT2D eigenvalue weighted by Gasteiger charge is 2.11. The summed E-state index contributed by atoms with van der Waals surface area (Å²) in [6.07, 6.45) is 0. The summed E-state index contributed by atoms with van der Waals surface area (Å²) in [6, 6.07) is 7.64. The molecule has 0 spiro atoms. The van der Waals surface area contributed by atoms with Crippen LogP contribution in [-0.4, -0.2) is 16.4 Å². The molecule has 4 nitrogen and oxygen atoms in total. The summed E-state index contributed by atoms with van der Waals surface area (Å²) in [5.41, 5.74) is 1.98. The van der Waals surface area contributed by atoms with Crippen LogP contribution in [0.1, 0.15) is 18.3 Å². The largest absolute Gasteiger partial charge is 0.494 e. The quantitative estimate of drug-likeness (QED) is 0.844. The molecular weight excluding hydrogens is 308 g/mol. The van der Waals surface area contributed by atoms with Crippen LogP contribution in [0.25, 0.3) is 0 Å². The van der Waals surface area contributed by atoms with E-state index in [9.17, 15) is 0 Å². The number of aromatic nitrogens is 2. The molecule has 0 aliphatic carbocycles. The van der Waals surface area contributed by atoms with Gasteiger partial charge in [-0.05, 0) is 41.9 Å². The fourth-order valence-corrected chi connectivity index (χ4v) is 2.26. The summed E-state index contributed by atoms with van der Waals surface area (Å²) in [7, 11) is 1.91. The summed E-state index contributed by atoms with van der Waals surface area (Å²) in [6.45, 7) is 5.04. The average Bonchev–Trinajstić information content (AvgIpc) is 2.62. The van der Waals surface area contributed by atoms with Gasteiger partial charge in [0.2, 0.25) is 0 Å². The van der Waals surface area contributed by atoms with Crippen LogP contribution < -0.4 is 9.47 Å². The van der Waals surface area contributed by atoms with Crippen LogP contribution in [0.3, 0.4) is 0 Å². The predicted molar refractivity (Wildman–Crippen MR) is 77.6 cm³/mol. The van der Waals surface area contributed by atoms with Gasteiger partial charge < -0.3 is 9.47 Å². The van der Waals surface area contributed by atoms with Crippen LogP contribution >= 0.6 is 15.9 Å². The lowest BCUT2D eigenvalue weighted by molar-refractivity contribution is 0.289. The summed E-state index contributed by atoms with van der Waals surface area (Å²) >= 11 is 3.53. The predicted octanol–water partition coefficient (Wildman–Crippen LogP) is 3.47. The van der Waals surface area contributed by atoms with Crippen molar-refractivity contribution in [1.82, 2.24) is 9.78 Å². The first-order chi connectivity index (χ1) is 9.11. The molecule has 0 saturated heterocycles. The van der Waals surface area contributed by atoms with Crippen molar-refractivity contribution in [3.63, 3.8) is 0 Å². The molecule has 2 rings (SSSR count). The van der Waals surface area contributed by atoms with E-state index in [-0.39, 0.29) is 0 Å². The van der Waals surface area contributed by atoms with Gasteiger partial charge in [0.1, 0.15) is 18.1 Å². The van der Waals surface area contributed by atoms with E-state index >= 15 is 0 Å². The van der Waals surface area contributed by atoms with E-state index in [1.807, 2.05) is 49.8 Å². The fraction of sp³-hybridized carbons (Fsp3) is 0.357. The Kier molecular flexibility index (Phi) is 4.47. The molecule has 5 heteroatoms. The Balaban J connectivity index is 2.08. The van der Waals surface area contributed by atoms with Crippen molar-refractivity contribution < 1.29 is 9.47 Å². The summed E-state index contributed by atoms with van der Waals surface area (Å²) < 4.78 is 14.0. The summed E-state index contributed by atoms with van der Waals surface area (Å²) in [4.78, 5) is 0. The Bertz CT molecular complexity index is 567. The minimum Gasteiger partial charge on any atom is -0.494 e. The first-order valence-corrected chi connectivity index (χ1v) is 6.94. The van der Waals surface area contributed by atoms with Crippen molar-refractivity contribution in [2.75, 3.05) is 6.61 Å². The van der Waals surface area contributed by atoms with Gasteiger partial charge in [0, 0.05) is 13.1 Å². The third kappa shape index (κ3) is 3.29. The van der Waals surface area contributed by atoms with Gasteiger partial charge in [-0.15, -0.1) is 0 Å². The van der Waals surface area contributed by atoms with E-state index < -0.39 is 0 Å². The Morgan fingerprint density at radius 2 is 1.95 bits per heavy atom. The van der Waals surface area contributed by atoms with E-state index in [0.29, 0.717) is 13.2 Å². The average molecular weight is 325 g/mol. The number of halogens is 1. The molecular formula is C14H17BrN2O2. The molecule has 0 aliphatic rings. The molecule has 0 unspecified atom stereocenters. The molecule has 0 atom stereocenters. The van der Waals surface area contributed by atoms with Gasteiger partial charge in [-0.1, -0.05) is 6.07 Å². The van der Waals surface area contributed by atoms with Crippen LogP contribution in [0, 0.1) is 6.92 Å². The highest BCUT2D eigenvalue weighted by atomic mass is 79.9. The maximum Gasteiger partial charge on any atom is 0.131 e. The first kappa shape index (κ1) is 13.9. The van der Waals surface area contributed by atoms with Gasteiger partial charge in [0.25, 0.3) is 0 Å². The Hall–Kier alpha value is -1.49. The van der Waals surface area contributed by atoms with Crippen LogP contribution in [0.4, 0.5) is 0 Å². The first-order valence-electron chi connectivity index (χ1n) is 6.15. The molecule has 1 heterocycles. The third-order valence-corrected chi connectivity index (χ3v) is 3.79. The zero-order valence-corrected chi connectivity index (χ0v) is 12.9. The van der Waals surface area contributed by atoms with E-state index in [2.05, 4.69) is 21.0 Å². The molecule has 0 radical (unpaired) electrons. The molecule has 19 heavy (non-hydrogen) atoms. The number of hydrogen-bond acceptors (Lipinski definition) is 3. The van der Waals surface area contributed by atoms with Gasteiger partial charge in [0.15, 0.2) is 0 Å². The van der Waals surface area contributed by atoms with Crippen molar-refractivity contribution in [2.24, 2.45) is 7.05 Å². The van der Waals surface area contributed by atoms with Crippen LogP contribution in [0.5, 0.6) is 11.5 Å². The molecule has 0 fully saturated rings. The van der Waals surface area contributed by atoms with E-state index in [4.69, 9.17) is 9.47 Å². The zero-order valence-electron chi connectivity index (χ0n) is 11.3. The van der Waals surface area contributed by atoms with Crippen LogP contribution in [-0.2, 0) is 13.7 Å². The number of ether oxygens (including phenoxy) is 2. The van der Waals surface area contributed by atoms with E-state index in [1.165, 1.54) is 0 Å². The molecule has 0 aliphatic heterocycles. The lowest BCUT2D eigenvalue weighted by Crippen LogP contribution is -2.03. The normalized spacial score (nSPS) is 10.5. The Labute approximate surface area is 121 Å². The van der Waals surface area contributed by atoms with Crippen molar-refractivity contribution in [2.45, 2.75) is 20.5 Å². The molecule has 102 valence electrons. The molecule has 1 aromatic heterocycles. The lowest BCUT2D eigenvalue weighted by Gasteiger charge is -2.09. The van der Waals surface area contributed by atoms with Gasteiger partial charge in [-0.3, -0.25) is 4.68 Å². The molecule has 0 amide bonds. The summed E-state index contributed by atoms with van der Waals surface area (Å²) in [5, 5.41) is 4.33. The topological polar surface area (TPSA) is 36.3 Å². The van der Waals surface area contributed by atoms with Gasteiger partial charge >= 0.3 is 0 Å². The SMILES string of the molecule is CCOc1cccc(OCc2c(Br)c(C)nn2C)c1. The second-order valence-electron chi connectivity index (χ2n) is 4.17. The van der Waals surface area contributed by atoms with Crippen LogP contribution in [0.15, 0.2) is 28.7 Å². The monoisotopic (exact) mass is 324 g/mol. The Morgan fingerprint density at radius 1 is 1.26 bits per heavy atom. The van der Waals surface area contributed by atoms with E-state index in [1.54, 1.807) is 0 Å². The molecule has 1 aromatic carbocycles. The van der Waals surface area contributed by atoms with Crippen LogP contribution in [0.2, 0.25) is 0 Å². The second-order valence-corrected chi connectivity index (χ2v) is 4.96. The number of nitrogens with zero attached hydrogens (tertiary/aromatic N) is 2. The van der Waals surface area contributed by atoms with Crippen molar-refractivity contribution in [1.29, 1.82) is 0 Å². The highest BCUT2D eigenvalue weighted by molar-refractivity contribution is 9.10. The van der Waals surface area contributed by atoms with Gasteiger partial charge in [0.05, 0.1) is 22.5 Å². The van der Waals surface area contributed by atoms with Crippen molar-refractivity contribution in [3.8, 4) is 11.5 Å². The van der Waals surface area contributed by atoms with Gasteiger partial charge in [-0.2, -0.15) is 5.10 Å². The summed E-state index contributed by atoms with van der Waals surface area (Å²) in [5.74, 6) is 1.61. The number of hydrogen-bond donors (Lipinski definition) is 0. The minimum absolute atomic E-state index is 0.466. The highest BCUT2D eigenvalue weighted by Crippen LogP contribution is 2.24. The van der Waals surface area contributed by atoms with Crippen molar-refractivity contribution in [3.05, 3.63) is 40.1 Å². The fourth-order valence-electron chi connectivity index (χ4n) is 1.81. The Morgan fingerprint density at radius 3 is 2.53 bits per heavy atom. The molecule has 0 bridgehead atoms. The maximum absolute atomic E-state index is 5.78. The van der Waals surface area contributed by atoms with Crippen molar-refractivity contribution >= 4 is 15.9 Å². The number of rotatable bonds is 5. The molecule has 2 aromatic rings. The number of aryl methyl sites for hydroxylation is 2. The van der Waals surface area contributed by atoms with Gasteiger partial charge in [-0.25, -0.2) is 0 Å². The zero-order chi connectivity index (χ0) is 13.8. The third-order valence-electron chi connectivity index (χ3n) is 2.75. The number of benzene rings is 1. The lowest BCUT2D eigenvalue weighted by atomic mass is 10.3. The van der Waals surface area contributed by atoms with E-state index in [0.717, 1.165) is 27.4 Å². The second kappa shape index (κ2) is 6.10. The standard InChI is InChI=1S/C14H17BrN2O2/c1-4-18-11-6-5-7-12(8-11)19-9-13-14(15)10(2)16-17(13)3/h5-8H,4,9H2,1-3H3. The maximum atomic E-state index is 5.78. The minimum atomic E-state index is 0.466.